The highest BCUT2D eigenvalue weighted by Gasteiger charge is 2.13. The van der Waals surface area contributed by atoms with Crippen molar-refractivity contribution >= 4 is 29.4 Å². The summed E-state index contributed by atoms with van der Waals surface area (Å²) in [5.41, 5.74) is 0.121. The van der Waals surface area contributed by atoms with Crippen molar-refractivity contribution in [1.82, 2.24) is 0 Å². The highest BCUT2D eigenvalue weighted by Crippen LogP contribution is 2.40. The Morgan fingerprint density at radius 1 is 1.23 bits per heavy atom. The zero-order chi connectivity index (χ0) is 10.0. The number of phenols is 2. The molecule has 0 aliphatic rings. The lowest BCUT2D eigenvalue weighted by Crippen LogP contribution is -1.85. The lowest BCUT2D eigenvalue weighted by Gasteiger charge is -2.04. The van der Waals surface area contributed by atoms with Gasteiger partial charge in [0.25, 0.3) is 0 Å². The van der Waals surface area contributed by atoms with Gasteiger partial charge in [0.1, 0.15) is 10.8 Å². The normalized spacial score (nSPS) is 10.9. The summed E-state index contributed by atoms with van der Waals surface area (Å²) in [6.07, 6.45) is 0.951. The van der Waals surface area contributed by atoms with Crippen LogP contribution in [0, 0.1) is 0 Å². The maximum atomic E-state index is 9.28. The van der Waals surface area contributed by atoms with Gasteiger partial charge in [-0.1, -0.05) is 28.4 Å². The summed E-state index contributed by atoms with van der Waals surface area (Å²) in [5, 5.41) is 29.0. The van der Waals surface area contributed by atoms with Crippen molar-refractivity contribution < 1.29 is 15.4 Å². The Kier molecular flexibility index (Phi) is 2.85. The van der Waals surface area contributed by atoms with Crippen molar-refractivity contribution in [1.29, 1.82) is 0 Å². The predicted molar refractivity (Wildman–Crippen MR) is 49.2 cm³/mol. The number of halogens is 2. The van der Waals surface area contributed by atoms with Crippen LogP contribution in [-0.2, 0) is 0 Å². The van der Waals surface area contributed by atoms with Gasteiger partial charge in [-0.3, -0.25) is 0 Å². The van der Waals surface area contributed by atoms with Crippen LogP contribution in [0.1, 0.15) is 5.56 Å². The number of hydrogen-bond donors (Lipinski definition) is 3. The number of aromatic hydroxyl groups is 2. The summed E-state index contributed by atoms with van der Waals surface area (Å²) in [7, 11) is 0. The lowest BCUT2D eigenvalue weighted by molar-refractivity contribution is 0.321. The van der Waals surface area contributed by atoms with Crippen LogP contribution >= 0.6 is 23.2 Å². The van der Waals surface area contributed by atoms with Crippen LogP contribution < -0.4 is 0 Å². The number of oxime groups is 1. The molecule has 0 unspecified atom stereocenters. The third-order valence-electron chi connectivity index (χ3n) is 1.39. The van der Waals surface area contributed by atoms with Gasteiger partial charge in [0.05, 0.1) is 11.2 Å². The molecular formula is C7H5Cl2NO3. The molecular weight excluding hydrogens is 217 g/mol. The summed E-state index contributed by atoms with van der Waals surface area (Å²) in [5.74, 6) is -0.794. The quantitative estimate of drug-likeness (QED) is 0.387. The van der Waals surface area contributed by atoms with E-state index in [0.717, 1.165) is 6.21 Å². The minimum absolute atomic E-state index is 0.0299. The van der Waals surface area contributed by atoms with E-state index in [0.29, 0.717) is 0 Å². The Balaban J connectivity index is 3.40. The van der Waals surface area contributed by atoms with Crippen LogP contribution in [0.4, 0.5) is 0 Å². The predicted octanol–water partition coefficient (Wildman–Crippen LogP) is 2.21. The van der Waals surface area contributed by atoms with Gasteiger partial charge < -0.3 is 15.4 Å². The SMILES string of the molecule is O/N=C\c1cc(Cl)c(O)c(Cl)c1O. The molecule has 0 aromatic heterocycles. The van der Waals surface area contributed by atoms with Gasteiger partial charge >= 0.3 is 0 Å². The largest absolute Gasteiger partial charge is 0.506 e. The summed E-state index contributed by atoms with van der Waals surface area (Å²) in [4.78, 5) is 0. The van der Waals surface area contributed by atoms with Crippen molar-refractivity contribution in [3.8, 4) is 11.5 Å². The fourth-order valence-corrected chi connectivity index (χ4v) is 1.25. The van der Waals surface area contributed by atoms with Gasteiger partial charge in [-0.2, -0.15) is 0 Å². The van der Waals surface area contributed by atoms with E-state index in [1.54, 1.807) is 0 Å². The summed E-state index contributed by atoms with van der Waals surface area (Å²) in [6.45, 7) is 0. The van der Waals surface area contributed by atoms with Crippen molar-refractivity contribution in [2.24, 2.45) is 5.16 Å². The first-order chi connectivity index (χ1) is 6.07. The smallest absolute Gasteiger partial charge is 0.156 e. The van der Waals surface area contributed by atoms with E-state index in [9.17, 15) is 5.11 Å². The zero-order valence-electron chi connectivity index (χ0n) is 6.20. The average molecular weight is 222 g/mol. The van der Waals surface area contributed by atoms with Gasteiger partial charge in [0.15, 0.2) is 5.75 Å². The second-order valence-electron chi connectivity index (χ2n) is 2.20. The van der Waals surface area contributed by atoms with E-state index >= 15 is 0 Å². The lowest BCUT2D eigenvalue weighted by atomic mass is 10.2. The maximum Gasteiger partial charge on any atom is 0.156 e. The summed E-state index contributed by atoms with van der Waals surface area (Å²) in [6, 6.07) is 1.22. The molecule has 1 aromatic carbocycles. The number of phenolic OH excluding ortho intramolecular Hbond substituents is 2. The fraction of sp³-hybridized carbons (Fsp3) is 0. The number of benzene rings is 1. The highest BCUT2D eigenvalue weighted by molar-refractivity contribution is 6.38. The van der Waals surface area contributed by atoms with Crippen LogP contribution in [0.15, 0.2) is 11.2 Å². The molecule has 0 aliphatic heterocycles. The molecule has 0 fully saturated rings. The van der Waals surface area contributed by atoms with Gasteiger partial charge in [0, 0.05) is 5.56 Å². The Bertz CT molecular complexity index is 365. The molecule has 0 spiro atoms. The molecule has 4 nitrogen and oxygen atoms in total. The minimum atomic E-state index is -0.407. The summed E-state index contributed by atoms with van der Waals surface area (Å²) >= 11 is 11.0. The Morgan fingerprint density at radius 2 is 1.85 bits per heavy atom. The van der Waals surface area contributed by atoms with Crippen LogP contribution in [0.2, 0.25) is 10.0 Å². The van der Waals surface area contributed by atoms with Crippen molar-refractivity contribution in [3.63, 3.8) is 0 Å². The second-order valence-corrected chi connectivity index (χ2v) is 2.99. The van der Waals surface area contributed by atoms with Crippen molar-refractivity contribution in [2.45, 2.75) is 0 Å². The van der Waals surface area contributed by atoms with Crippen molar-refractivity contribution in [3.05, 3.63) is 21.7 Å². The van der Waals surface area contributed by atoms with E-state index in [2.05, 4.69) is 5.16 Å². The van der Waals surface area contributed by atoms with Gasteiger partial charge in [0.2, 0.25) is 0 Å². The minimum Gasteiger partial charge on any atom is -0.506 e. The standard InChI is InChI=1S/C7H5Cl2NO3/c8-4-1-3(2-10-13)6(11)5(9)7(4)12/h1-2,11-13H/b10-2-. The van der Waals surface area contributed by atoms with Gasteiger partial charge in [-0.15, -0.1) is 0 Å². The molecule has 0 saturated heterocycles. The maximum absolute atomic E-state index is 9.28. The molecule has 70 valence electrons. The molecule has 0 heterocycles. The third kappa shape index (κ3) is 1.79. The third-order valence-corrected chi connectivity index (χ3v) is 2.04. The van der Waals surface area contributed by atoms with E-state index in [-0.39, 0.29) is 21.4 Å². The monoisotopic (exact) mass is 221 g/mol. The van der Waals surface area contributed by atoms with Crippen LogP contribution in [0.25, 0.3) is 0 Å². The Morgan fingerprint density at radius 3 is 2.38 bits per heavy atom. The first-order valence-corrected chi connectivity index (χ1v) is 3.91. The highest BCUT2D eigenvalue weighted by atomic mass is 35.5. The molecule has 0 atom stereocenters. The average Bonchev–Trinajstić information content (AvgIpc) is 2.11. The number of hydrogen-bond acceptors (Lipinski definition) is 4. The first-order valence-electron chi connectivity index (χ1n) is 3.15. The first kappa shape index (κ1) is 9.95. The van der Waals surface area contributed by atoms with Crippen molar-refractivity contribution in [2.75, 3.05) is 0 Å². The molecule has 6 heteroatoms. The Hall–Kier alpha value is -1.13. The van der Waals surface area contributed by atoms with E-state index in [1.165, 1.54) is 6.07 Å². The summed E-state index contributed by atoms with van der Waals surface area (Å²) < 4.78 is 0. The molecule has 0 aliphatic carbocycles. The number of rotatable bonds is 1. The van der Waals surface area contributed by atoms with E-state index in [1.807, 2.05) is 0 Å². The van der Waals surface area contributed by atoms with Crippen LogP contribution in [0.5, 0.6) is 11.5 Å². The van der Waals surface area contributed by atoms with Crippen LogP contribution in [-0.4, -0.2) is 21.6 Å². The molecule has 0 radical (unpaired) electrons. The molecule has 0 saturated carbocycles. The molecule has 0 amide bonds. The number of nitrogens with zero attached hydrogens (tertiary/aromatic N) is 1. The van der Waals surface area contributed by atoms with E-state index < -0.39 is 5.75 Å². The fourth-order valence-electron chi connectivity index (χ4n) is 0.778. The second kappa shape index (κ2) is 3.72. The van der Waals surface area contributed by atoms with E-state index in [4.69, 9.17) is 33.5 Å². The molecule has 0 bridgehead atoms. The molecule has 3 N–H and O–H groups in total. The zero-order valence-corrected chi connectivity index (χ0v) is 7.71. The topological polar surface area (TPSA) is 73.1 Å². The van der Waals surface area contributed by atoms with Crippen LogP contribution in [0.3, 0.4) is 0 Å². The van der Waals surface area contributed by atoms with Gasteiger partial charge in [-0.25, -0.2) is 0 Å². The molecule has 1 aromatic rings. The molecule has 13 heavy (non-hydrogen) atoms. The molecule has 1 rings (SSSR count). The van der Waals surface area contributed by atoms with Gasteiger partial charge in [-0.05, 0) is 6.07 Å². The Labute approximate surface area is 83.6 Å².